The van der Waals surface area contributed by atoms with Crippen LogP contribution in [0.2, 0.25) is 0 Å². The van der Waals surface area contributed by atoms with E-state index in [1.807, 2.05) is 19.9 Å². The lowest BCUT2D eigenvalue weighted by Gasteiger charge is -2.12. The van der Waals surface area contributed by atoms with E-state index in [-0.39, 0.29) is 24.3 Å². The van der Waals surface area contributed by atoms with Gasteiger partial charge in [0.15, 0.2) is 6.61 Å². The zero-order valence-corrected chi connectivity index (χ0v) is 13.4. The van der Waals surface area contributed by atoms with Crippen molar-refractivity contribution in [2.45, 2.75) is 20.0 Å². The number of amides is 1. The van der Waals surface area contributed by atoms with Gasteiger partial charge in [0.2, 0.25) is 0 Å². The fraction of sp³-hybridized carbons (Fsp3) is 0.235. The van der Waals surface area contributed by atoms with Crippen molar-refractivity contribution < 1.29 is 19.2 Å². The van der Waals surface area contributed by atoms with E-state index in [2.05, 4.69) is 5.32 Å². The van der Waals surface area contributed by atoms with Gasteiger partial charge in [-0.25, -0.2) is 0 Å². The number of anilines is 1. The number of nitrogens with zero attached hydrogens (tertiary/aromatic N) is 1. The van der Waals surface area contributed by atoms with Gasteiger partial charge in [-0.1, -0.05) is 6.07 Å². The van der Waals surface area contributed by atoms with Gasteiger partial charge in [-0.3, -0.25) is 14.9 Å². The molecule has 0 aliphatic heterocycles. The Morgan fingerprint density at radius 1 is 1.17 bits per heavy atom. The minimum absolute atomic E-state index is 0.0335. The minimum atomic E-state index is -0.497. The second-order valence-corrected chi connectivity index (χ2v) is 5.28. The van der Waals surface area contributed by atoms with Crippen molar-refractivity contribution in [3.63, 3.8) is 0 Å². The molecule has 2 aromatic rings. The Morgan fingerprint density at radius 3 is 2.50 bits per heavy atom. The second kappa shape index (κ2) is 7.96. The van der Waals surface area contributed by atoms with Crippen LogP contribution in [-0.2, 0) is 4.79 Å². The number of benzene rings is 2. The molecule has 0 radical (unpaired) electrons. The Hall–Kier alpha value is -3.09. The van der Waals surface area contributed by atoms with Gasteiger partial charge >= 0.3 is 0 Å². The molecule has 24 heavy (non-hydrogen) atoms. The van der Waals surface area contributed by atoms with E-state index < -0.39 is 4.92 Å². The van der Waals surface area contributed by atoms with Crippen molar-refractivity contribution in [1.82, 2.24) is 0 Å². The Bertz CT molecular complexity index is 713. The lowest BCUT2D eigenvalue weighted by molar-refractivity contribution is -0.384. The van der Waals surface area contributed by atoms with E-state index in [1.165, 1.54) is 24.3 Å². The average molecular weight is 330 g/mol. The maximum atomic E-state index is 11.9. The predicted octanol–water partition coefficient (Wildman–Crippen LogP) is 3.40. The van der Waals surface area contributed by atoms with Gasteiger partial charge in [0.25, 0.3) is 11.6 Å². The van der Waals surface area contributed by atoms with Crippen LogP contribution in [0.3, 0.4) is 0 Å². The van der Waals surface area contributed by atoms with Crippen molar-refractivity contribution in [3.05, 3.63) is 58.6 Å². The fourth-order valence-corrected chi connectivity index (χ4v) is 1.93. The summed E-state index contributed by atoms with van der Waals surface area (Å²) in [5.41, 5.74) is 0.569. The highest BCUT2D eigenvalue weighted by molar-refractivity contribution is 5.92. The van der Waals surface area contributed by atoms with Crippen molar-refractivity contribution in [1.29, 1.82) is 0 Å². The summed E-state index contributed by atoms with van der Waals surface area (Å²) in [6, 6.07) is 12.6. The number of ether oxygens (including phenoxy) is 2. The quantitative estimate of drug-likeness (QED) is 0.620. The van der Waals surface area contributed by atoms with Gasteiger partial charge in [0.05, 0.1) is 11.0 Å². The first-order valence-corrected chi connectivity index (χ1v) is 7.38. The molecule has 0 fully saturated rings. The van der Waals surface area contributed by atoms with Crippen LogP contribution < -0.4 is 14.8 Å². The molecule has 1 amide bonds. The summed E-state index contributed by atoms with van der Waals surface area (Å²) in [7, 11) is 0. The van der Waals surface area contributed by atoms with Crippen LogP contribution in [0.4, 0.5) is 11.4 Å². The highest BCUT2D eigenvalue weighted by Crippen LogP contribution is 2.19. The van der Waals surface area contributed by atoms with E-state index in [4.69, 9.17) is 9.47 Å². The lowest BCUT2D eigenvalue weighted by atomic mass is 10.3. The number of nitro groups is 1. The van der Waals surface area contributed by atoms with Crippen LogP contribution in [0.1, 0.15) is 13.8 Å². The molecule has 0 saturated carbocycles. The smallest absolute Gasteiger partial charge is 0.269 e. The molecule has 2 rings (SSSR count). The summed E-state index contributed by atoms with van der Waals surface area (Å²) < 4.78 is 10.9. The van der Waals surface area contributed by atoms with Gasteiger partial charge < -0.3 is 14.8 Å². The Kier molecular flexibility index (Phi) is 5.73. The van der Waals surface area contributed by atoms with E-state index >= 15 is 0 Å². The lowest BCUT2D eigenvalue weighted by Crippen LogP contribution is -2.20. The first-order valence-electron chi connectivity index (χ1n) is 7.38. The number of non-ortho nitro benzene ring substituents is 1. The van der Waals surface area contributed by atoms with Crippen molar-refractivity contribution >= 4 is 17.3 Å². The molecule has 0 aliphatic carbocycles. The van der Waals surface area contributed by atoms with E-state index in [9.17, 15) is 14.9 Å². The minimum Gasteiger partial charge on any atom is -0.491 e. The second-order valence-electron chi connectivity index (χ2n) is 5.28. The monoisotopic (exact) mass is 330 g/mol. The molecule has 0 saturated heterocycles. The molecule has 2 aromatic carbocycles. The molecule has 0 atom stereocenters. The third-order valence-corrected chi connectivity index (χ3v) is 2.91. The number of carbonyl (C=O) groups excluding carboxylic acids is 1. The maximum Gasteiger partial charge on any atom is 0.269 e. The van der Waals surface area contributed by atoms with Crippen LogP contribution in [0, 0.1) is 10.1 Å². The van der Waals surface area contributed by atoms with E-state index in [1.54, 1.807) is 18.2 Å². The van der Waals surface area contributed by atoms with E-state index in [0.717, 1.165) is 0 Å². The van der Waals surface area contributed by atoms with Crippen molar-refractivity contribution in [2.24, 2.45) is 0 Å². The van der Waals surface area contributed by atoms with Crippen molar-refractivity contribution in [3.8, 4) is 11.5 Å². The van der Waals surface area contributed by atoms with Gasteiger partial charge in [0.1, 0.15) is 11.5 Å². The fourth-order valence-electron chi connectivity index (χ4n) is 1.93. The summed E-state index contributed by atoms with van der Waals surface area (Å²) in [5.74, 6) is 0.710. The molecule has 0 aliphatic rings. The SMILES string of the molecule is CC(C)Oc1cccc(NC(=O)COc2ccc([N+](=O)[O-])cc2)c1. The standard InChI is InChI=1S/C17H18N2O5/c1-12(2)24-16-5-3-4-13(10-16)18-17(20)11-23-15-8-6-14(7-9-15)19(21)22/h3-10,12H,11H2,1-2H3,(H,18,20). The number of hydrogen-bond acceptors (Lipinski definition) is 5. The zero-order valence-electron chi connectivity index (χ0n) is 13.4. The summed E-state index contributed by atoms with van der Waals surface area (Å²) in [4.78, 5) is 22.0. The van der Waals surface area contributed by atoms with E-state index in [0.29, 0.717) is 17.2 Å². The predicted molar refractivity (Wildman–Crippen MR) is 89.4 cm³/mol. The number of hydrogen-bond donors (Lipinski definition) is 1. The normalized spacial score (nSPS) is 10.3. The Balaban J connectivity index is 1.88. The molecule has 0 aromatic heterocycles. The largest absolute Gasteiger partial charge is 0.491 e. The molecular weight excluding hydrogens is 312 g/mol. The third-order valence-electron chi connectivity index (χ3n) is 2.91. The molecule has 0 spiro atoms. The molecule has 7 heteroatoms. The van der Waals surface area contributed by atoms with Crippen LogP contribution >= 0.6 is 0 Å². The number of nitro benzene ring substituents is 1. The summed E-state index contributed by atoms with van der Waals surface area (Å²) >= 11 is 0. The first-order chi connectivity index (χ1) is 11.4. The van der Waals surface area contributed by atoms with Crippen LogP contribution in [-0.4, -0.2) is 23.5 Å². The molecule has 1 N–H and O–H groups in total. The Labute approximate surface area is 139 Å². The van der Waals surface area contributed by atoms with Gasteiger partial charge in [-0.2, -0.15) is 0 Å². The Morgan fingerprint density at radius 2 is 1.88 bits per heavy atom. The number of nitrogens with one attached hydrogen (secondary N) is 1. The third kappa shape index (κ3) is 5.28. The highest BCUT2D eigenvalue weighted by atomic mass is 16.6. The maximum absolute atomic E-state index is 11.9. The van der Waals surface area contributed by atoms with Gasteiger partial charge in [-0.05, 0) is 38.1 Å². The van der Waals surface area contributed by atoms with Gasteiger partial charge in [0, 0.05) is 23.9 Å². The van der Waals surface area contributed by atoms with Gasteiger partial charge in [-0.15, -0.1) is 0 Å². The average Bonchev–Trinajstić information content (AvgIpc) is 2.53. The highest BCUT2D eigenvalue weighted by Gasteiger charge is 2.07. The summed E-state index contributed by atoms with van der Waals surface area (Å²) in [5, 5.41) is 13.3. The number of carbonyl (C=O) groups is 1. The molecular formula is C17H18N2O5. The molecule has 7 nitrogen and oxygen atoms in total. The van der Waals surface area contributed by atoms with Crippen molar-refractivity contribution in [2.75, 3.05) is 11.9 Å². The zero-order chi connectivity index (χ0) is 17.5. The summed E-state index contributed by atoms with van der Waals surface area (Å²) in [6.07, 6.45) is 0.0430. The van der Waals surface area contributed by atoms with Crippen LogP contribution in [0.25, 0.3) is 0 Å². The topological polar surface area (TPSA) is 90.7 Å². The summed E-state index contributed by atoms with van der Waals surface area (Å²) in [6.45, 7) is 3.64. The molecule has 126 valence electrons. The molecule has 0 bridgehead atoms. The van der Waals surface area contributed by atoms with Crippen LogP contribution in [0.15, 0.2) is 48.5 Å². The number of rotatable bonds is 7. The molecule has 0 unspecified atom stereocenters. The first kappa shape index (κ1) is 17.3. The molecule has 0 heterocycles. The van der Waals surface area contributed by atoms with Crippen LogP contribution in [0.5, 0.6) is 11.5 Å².